The van der Waals surface area contributed by atoms with Gasteiger partial charge in [-0.05, 0) is 47.3 Å². The second kappa shape index (κ2) is 5.28. The zero-order valence-corrected chi connectivity index (χ0v) is 12.9. The number of halogens is 1. The van der Waals surface area contributed by atoms with E-state index in [0.29, 0.717) is 4.64 Å². The van der Waals surface area contributed by atoms with E-state index in [1.54, 1.807) is 0 Å². The molecule has 0 spiro atoms. The van der Waals surface area contributed by atoms with Gasteiger partial charge in [0.2, 0.25) is 0 Å². The number of aromatic amines is 1. The summed E-state index contributed by atoms with van der Waals surface area (Å²) >= 11 is 8.72. The monoisotopic (exact) mass is 323 g/mol. The van der Waals surface area contributed by atoms with Gasteiger partial charge in [0.25, 0.3) is 0 Å². The Hall–Kier alpha value is -1.07. The lowest BCUT2D eigenvalue weighted by molar-refractivity contribution is 0.973. The van der Waals surface area contributed by atoms with Crippen LogP contribution >= 0.6 is 28.1 Å². The van der Waals surface area contributed by atoms with Crippen molar-refractivity contribution in [3.63, 3.8) is 0 Å². The van der Waals surface area contributed by atoms with Crippen molar-refractivity contribution in [2.24, 2.45) is 0 Å². The van der Waals surface area contributed by atoms with Crippen molar-refractivity contribution in [1.29, 1.82) is 0 Å². The first-order valence-corrected chi connectivity index (χ1v) is 6.95. The van der Waals surface area contributed by atoms with Crippen molar-refractivity contribution < 1.29 is 0 Å². The predicted octanol–water partition coefficient (Wildman–Crippen LogP) is 4.14. The first-order chi connectivity index (χ1) is 8.52. The van der Waals surface area contributed by atoms with Gasteiger partial charge in [-0.1, -0.05) is 25.2 Å². The summed E-state index contributed by atoms with van der Waals surface area (Å²) in [6, 6.07) is 2.09. The van der Waals surface area contributed by atoms with Crippen molar-refractivity contribution in [3.8, 4) is 11.5 Å². The standard InChI is InChI=1S/C13H14BrN3S/c1-4-9-10(14)13(18)17-12(16-9)11-8(3)5-7(2)6-15-11/h5-6H,4H2,1-3H3,(H,16,17,18). The fourth-order valence-corrected chi connectivity index (χ4v) is 2.51. The lowest BCUT2D eigenvalue weighted by Crippen LogP contribution is -2.00. The lowest BCUT2D eigenvalue weighted by Gasteiger charge is -2.08. The molecule has 0 saturated carbocycles. The fourth-order valence-electron chi connectivity index (χ4n) is 1.82. The molecule has 1 N–H and O–H groups in total. The summed E-state index contributed by atoms with van der Waals surface area (Å²) in [5.41, 5.74) is 4.14. The number of nitrogens with zero attached hydrogens (tertiary/aromatic N) is 2. The molecule has 5 heteroatoms. The van der Waals surface area contributed by atoms with Crippen LogP contribution in [0.1, 0.15) is 23.7 Å². The number of aryl methyl sites for hydroxylation is 3. The molecule has 0 aliphatic rings. The summed E-state index contributed by atoms with van der Waals surface area (Å²) in [7, 11) is 0. The maximum atomic E-state index is 5.26. The van der Waals surface area contributed by atoms with Crippen LogP contribution in [-0.2, 0) is 6.42 Å². The maximum Gasteiger partial charge on any atom is 0.158 e. The van der Waals surface area contributed by atoms with Gasteiger partial charge in [-0.25, -0.2) is 4.98 Å². The Morgan fingerprint density at radius 2 is 2.11 bits per heavy atom. The van der Waals surface area contributed by atoms with E-state index in [1.807, 2.05) is 20.0 Å². The SMILES string of the molecule is CCc1[nH]c(-c2ncc(C)cc2C)nc(=S)c1Br. The van der Waals surface area contributed by atoms with Crippen molar-refractivity contribution in [2.45, 2.75) is 27.2 Å². The van der Waals surface area contributed by atoms with Gasteiger partial charge in [0, 0.05) is 11.9 Å². The van der Waals surface area contributed by atoms with Gasteiger partial charge >= 0.3 is 0 Å². The Kier molecular flexibility index (Phi) is 3.92. The normalized spacial score (nSPS) is 10.7. The van der Waals surface area contributed by atoms with Crippen LogP contribution < -0.4 is 0 Å². The summed E-state index contributed by atoms with van der Waals surface area (Å²) in [4.78, 5) is 12.1. The molecule has 2 rings (SSSR count). The van der Waals surface area contributed by atoms with Crippen LogP contribution in [0.3, 0.4) is 0 Å². The zero-order valence-electron chi connectivity index (χ0n) is 10.5. The number of pyridine rings is 1. The Morgan fingerprint density at radius 1 is 1.39 bits per heavy atom. The molecule has 0 aliphatic carbocycles. The molecule has 0 unspecified atom stereocenters. The van der Waals surface area contributed by atoms with E-state index < -0.39 is 0 Å². The van der Waals surface area contributed by atoms with Crippen LogP contribution in [0.4, 0.5) is 0 Å². The minimum atomic E-state index is 0.572. The van der Waals surface area contributed by atoms with Crippen molar-refractivity contribution >= 4 is 28.1 Å². The Labute approximate surface area is 120 Å². The lowest BCUT2D eigenvalue weighted by atomic mass is 10.1. The zero-order chi connectivity index (χ0) is 13.3. The summed E-state index contributed by atoms with van der Waals surface area (Å²) in [5, 5.41) is 0. The number of nitrogens with one attached hydrogen (secondary N) is 1. The molecule has 2 aromatic heterocycles. The molecule has 0 bridgehead atoms. The molecule has 0 saturated heterocycles. The third-order valence-electron chi connectivity index (χ3n) is 2.73. The molecule has 0 amide bonds. The summed E-state index contributed by atoms with van der Waals surface area (Å²) in [5.74, 6) is 0.734. The highest BCUT2D eigenvalue weighted by molar-refractivity contribution is 9.10. The van der Waals surface area contributed by atoms with Gasteiger partial charge < -0.3 is 4.98 Å². The average molecular weight is 324 g/mol. The van der Waals surface area contributed by atoms with Crippen molar-refractivity contribution in [1.82, 2.24) is 15.0 Å². The van der Waals surface area contributed by atoms with Crippen LogP contribution in [0.15, 0.2) is 16.7 Å². The van der Waals surface area contributed by atoms with Crippen LogP contribution in [0.5, 0.6) is 0 Å². The maximum absolute atomic E-state index is 5.26. The molecular formula is C13H14BrN3S. The number of aromatic nitrogens is 3. The van der Waals surface area contributed by atoms with E-state index in [2.05, 4.69) is 43.9 Å². The minimum absolute atomic E-state index is 0.572. The molecule has 2 heterocycles. The third kappa shape index (κ3) is 2.52. The van der Waals surface area contributed by atoms with E-state index in [1.165, 1.54) is 0 Å². The molecule has 0 aromatic carbocycles. The molecular weight excluding hydrogens is 310 g/mol. The summed E-state index contributed by atoms with van der Waals surface area (Å²) in [6.07, 6.45) is 2.71. The van der Waals surface area contributed by atoms with Crippen LogP contribution in [-0.4, -0.2) is 15.0 Å². The molecule has 2 aromatic rings. The first kappa shape index (κ1) is 13.4. The molecule has 0 radical (unpaired) electrons. The quantitative estimate of drug-likeness (QED) is 0.844. The van der Waals surface area contributed by atoms with E-state index in [-0.39, 0.29) is 0 Å². The largest absolute Gasteiger partial charge is 0.341 e. The van der Waals surface area contributed by atoms with Gasteiger partial charge in [0.05, 0.1) is 4.47 Å². The van der Waals surface area contributed by atoms with Crippen molar-refractivity contribution in [2.75, 3.05) is 0 Å². The van der Waals surface area contributed by atoms with E-state index >= 15 is 0 Å². The third-order valence-corrected chi connectivity index (χ3v) is 4.14. The molecule has 18 heavy (non-hydrogen) atoms. The van der Waals surface area contributed by atoms with Gasteiger partial charge in [-0.15, -0.1) is 0 Å². The predicted molar refractivity (Wildman–Crippen MR) is 79.2 cm³/mol. The highest BCUT2D eigenvalue weighted by Crippen LogP contribution is 2.22. The molecule has 0 aliphatic heterocycles. The van der Waals surface area contributed by atoms with Crippen molar-refractivity contribution in [3.05, 3.63) is 38.2 Å². The number of hydrogen-bond donors (Lipinski definition) is 1. The smallest absolute Gasteiger partial charge is 0.158 e. The second-order valence-corrected chi connectivity index (χ2v) is 5.39. The van der Waals surface area contributed by atoms with Gasteiger partial charge in [-0.3, -0.25) is 4.98 Å². The molecule has 3 nitrogen and oxygen atoms in total. The van der Waals surface area contributed by atoms with Crippen LogP contribution in [0.2, 0.25) is 0 Å². The van der Waals surface area contributed by atoms with Gasteiger partial charge in [-0.2, -0.15) is 0 Å². The van der Waals surface area contributed by atoms with Crippen LogP contribution in [0, 0.1) is 18.5 Å². The molecule has 0 atom stereocenters. The number of H-pyrrole nitrogens is 1. The highest BCUT2D eigenvalue weighted by Gasteiger charge is 2.10. The Balaban J connectivity index is 2.64. The molecule has 94 valence electrons. The number of hydrogen-bond acceptors (Lipinski definition) is 3. The average Bonchev–Trinajstić information content (AvgIpc) is 2.32. The fraction of sp³-hybridized carbons (Fsp3) is 0.308. The van der Waals surface area contributed by atoms with Gasteiger partial charge in [0.15, 0.2) is 5.82 Å². The molecule has 0 fully saturated rings. The van der Waals surface area contributed by atoms with E-state index in [4.69, 9.17) is 12.2 Å². The van der Waals surface area contributed by atoms with Crippen LogP contribution in [0.25, 0.3) is 11.5 Å². The van der Waals surface area contributed by atoms with E-state index in [0.717, 1.165) is 39.2 Å². The van der Waals surface area contributed by atoms with E-state index in [9.17, 15) is 0 Å². The summed E-state index contributed by atoms with van der Waals surface area (Å²) in [6.45, 7) is 6.13. The van der Waals surface area contributed by atoms with Gasteiger partial charge in [0.1, 0.15) is 10.3 Å². The first-order valence-electron chi connectivity index (χ1n) is 5.75. The Bertz CT molecular complexity index is 649. The highest BCUT2D eigenvalue weighted by atomic mass is 79.9. The Morgan fingerprint density at radius 3 is 2.72 bits per heavy atom. The second-order valence-electron chi connectivity index (χ2n) is 4.21. The number of rotatable bonds is 2. The minimum Gasteiger partial charge on any atom is -0.341 e. The summed E-state index contributed by atoms with van der Waals surface area (Å²) < 4.78 is 1.44. The topological polar surface area (TPSA) is 41.6 Å².